The van der Waals surface area contributed by atoms with E-state index in [9.17, 15) is 5.11 Å². The molecule has 3 nitrogen and oxygen atoms in total. The van der Waals surface area contributed by atoms with E-state index in [-0.39, 0.29) is 0 Å². The molecule has 1 aliphatic rings. The Morgan fingerprint density at radius 1 is 0.905 bits per heavy atom. The highest BCUT2D eigenvalue weighted by Gasteiger charge is 2.21. The van der Waals surface area contributed by atoms with Crippen molar-refractivity contribution in [1.82, 2.24) is 0 Å². The zero-order valence-corrected chi connectivity index (χ0v) is 13.7. The van der Waals surface area contributed by atoms with Crippen LogP contribution in [0.3, 0.4) is 0 Å². The van der Waals surface area contributed by atoms with Crippen molar-refractivity contribution in [2.24, 2.45) is 0 Å². The Hall–Kier alpha value is -1.81. The average Bonchev–Trinajstić information content (AvgIpc) is 2.44. The van der Waals surface area contributed by atoms with E-state index in [0.717, 1.165) is 17.0 Å². The number of benzene rings is 2. The van der Waals surface area contributed by atoms with E-state index in [2.05, 4.69) is 43.3 Å². The highest BCUT2D eigenvalue weighted by molar-refractivity contribution is 7.99. The molecule has 0 aliphatic carbocycles. The molecule has 1 N–H and O–H groups in total. The van der Waals surface area contributed by atoms with Gasteiger partial charge in [0.25, 0.3) is 0 Å². The molecule has 0 atom stereocenters. The van der Waals surface area contributed by atoms with Crippen LogP contribution in [-0.4, -0.2) is 33.3 Å². The summed E-state index contributed by atoms with van der Waals surface area (Å²) < 4.78 is 0. The average molecular weight is 300 g/mol. The fraction of sp³-hybridized carbons (Fsp3) is 0.294. The summed E-state index contributed by atoms with van der Waals surface area (Å²) in [6, 6.07) is 10.5. The van der Waals surface area contributed by atoms with E-state index in [0.29, 0.717) is 5.75 Å². The van der Waals surface area contributed by atoms with E-state index in [1.807, 2.05) is 25.1 Å². The van der Waals surface area contributed by atoms with Gasteiger partial charge in [-0.1, -0.05) is 11.8 Å². The maximum atomic E-state index is 10.3. The lowest BCUT2D eigenvalue weighted by Crippen LogP contribution is -2.11. The number of phenols is 1. The van der Waals surface area contributed by atoms with Gasteiger partial charge in [-0.2, -0.15) is 0 Å². The molecule has 0 aromatic heterocycles. The van der Waals surface area contributed by atoms with Crippen LogP contribution in [0, 0.1) is 0 Å². The first kappa shape index (κ1) is 14.1. The summed E-state index contributed by atoms with van der Waals surface area (Å²) in [5.74, 6) is 0.378. The van der Waals surface area contributed by atoms with E-state index in [1.54, 1.807) is 11.8 Å². The highest BCUT2D eigenvalue weighted by Crippen LogP contribution is 2.46. The van der Waals surface area contributed by atoms with Gasteiger partial charge in [0.05, 0.1) is 4.90 Å². The van der Waals surface area contributed by atoms with E-state index in [4.69, 9.17) is 0 Å². The fourth-order valence-electron chi connectivity index (χ4n) is 2.56. The smallest absolute Gasteiger partial charge is 0.131 e. The number of anilines is 2. The Morgan fingerprint density at radius 2 is 1.57 bits per heavy atom. The number of rotatable bonds is 2. The van der Waals surface area contributed by atoms with Crippen LogP contribution in [0.2, 0.25) is 0 Å². The lowest BCUT2D eigenvalue weighted by molar-refractivity contribution is 0.461. The van der Waals surface area contributed by atoms with Crippen LogP contribution < -0.4 is 9.80 Å². The minimum atomic E-state index is 0.378. The molecule has 3 rings (SSSR count). The molecule has 0 saturated carbocycles. The van der Waals surface area contributed by atoms with E-state index in [1.165, 1.54) is 21.7 Å². The van der Waals surface area contributed by atoms with Crippen molar-refractivity contribution in [3.8, 4) is 5.75 Å². The Bertz CT molecular complexity index is 695. The molecule has 4 heteroatoms. The third kappa shape index (κ3) is 2.56. The summed E-state index contributed by atoms with van der Waals surface area (Å²) in [5, 5.41) is 10.3. The molecule has 110 valence electrons. The summed E-state index contributed by atoms with van der Waals surface area (Å²) >= 11 is 1.66. The number of hydrogen-bond donors (Lipinski definition) is 1. The van der Waals surface area contributed by atoms with Crippen LogP contribution in [0.15, 0.2) is 40.1 Å². The van der Waals surface area contributed by atoms with Crippen LogP contribution in [0.1, 0.15) is 11.1 Å². The Kier molecular flexibility index (Phi) is 3.49. The van der Waals surface area contributed by atoms with Crippen molar-refractivity contribution >= 4 is 23.1 Å². The zero-order valence-electron chi connectivity index (χ0n) is 12.8. The molecular weight excluding hydrogens is 280 g/mol. The monoisotopic (exact) mass is 300 g/mol. The molecule has 2 aromatic carbocycles. The van der Waals surface area contributed by atoms with Crippen LogP contribution >= 0.6 is 11.8 Å². The first-order chi connectivity index (χ1) is 9.95. The van der Waals surface area contributed by atoms with Gasteiger partial charge in [0.2, 0.25) is 0 Å². The van der Waals surface area contributed by atoms with Gasteiger partial charge in [0.1, 0.15) is 5.75 Å². The topological polar surface area (TPSA) is 26.7 Å². The second-order valence-electron chi connectivity index (χ2n) is 5.81. The lowest BCUT2D eigenvalue weighted by atomic mass is 10.0. The van der Waals surface area contributed by atoms with Crippen LogP contribution in [-0.2, 0) is 6.42 Å². The van der Waals surface area contributed by atoms with Crippen molar-refractivity contribution in [3.63, 3.8) is 0 Å². The molecule has 0 fully saturated rings. The molecule has 1 aliphatic heterocycles. The molecular formula is C17H20N2OS. The van der Waals surface area contributed by atoms with Crippen LogP contribution in [0.25, 0.3) is 0 Å². The predicted octanol–water partition coefficient (Wildman–Crippen LogP) is 3.58. The first-order valence-corrected chi connectivity index (χ1v) is 7.78. The molecule has 0 unspecified atom stereocenters. The van der Waals surface area contributed by atoms with Gasteiger partial charge in [-0.05, 0) is 41.8 Å². The van der Waals surface area contributed by atoms with Gasteiger partial charge in [0.15, 0.2) is 0 Å². The largest absolute Gasteiger partial charge is 0.507 e. The molecule has 1 heterocycles. The SMILES string of the molecule is CN(C)c1ccc2c(c1)Cc1cc(N(C)C)cc(O)c1S2. The molecule has 2 aromatic rings. The van der Waals surface area contributed by atoms with Gasteiger partial charge in [-0.15, -0.1) is 0 Å². The molecule has 0 bridgehead atoms. The molecule has 0 amide bonds. The standard InChI is InChI=1S/C17H20N2OS/c1-18(2)13-5-6-16-11(8-13)7-12-9-14(19(3)4)10-15(20)17(12)21-16/h5-6,8-10,20H,7H2,1-4H3. The predicted molar refractivity (Wildman–Crippen MR) is 90.1 cm³/mol. The first-order valence-electron chi connectivity index (χ1n) is 6.97. The van der Waals surface area contributed by atoms with Crippen molar-refractivity contribution in [3.05, 3.63) is 41.5 Å². The van der Waals surface area contributed by atoms with E-state index < -0.39 is 0 Å². The minimum absolute atomic E-state index is 0.378. The molecule has 0 spiro atoms. The maximum absolute atomic E-state index is 10.3. The van der Waals surface area contributed by atoms with Crippen molar-refractivity contribution in [2.75, 3.05) is 38.0 Å². The number of hydrogen-bond acceptors (Lipinski definition) is 4. The second kappa shape index (κ2) is 5.19. The minimum Gasteiger partial charge on any atom is -0.507 e. The summed E-state index contributed by atoms with van der Waals surface area (Å²) in [6.45, 7) is 0. The number of aromatic hydroxyl groups is 1. The third-order valence-electron chi connectivity index (χ3n) is 3.80. The lowest BCUT2D eigenvalue weighted by Gasteiger charge is -2.24. The fourth-order valence-corrected chi connectivity index (χ4v) is 3.60. The van der Waals surface area contributed by atoms with Crippen molar-refractivity contribution in [2.45, 2.75) is 16.2 Å². The van der Waals surface area contributed by atoms with Gasteiger partial charge in [-0.3, -0.25) is 0 Å². The normalized spacial score (nSPS) is 12.6. The highest BCUT2D eigenvalue weighted by atomic mass is 32.2. The van der Waals surface area contributed by atoms with Crippen LogP contribution in [0.5, 0.6) is 5.75 Å². The molecule has 0 saturated heterocycles. The zero-order chi connectivity index (χ0) is 15.1. The second-order valence-corrected chi connectivity index (χ2v) is 6.87. The molecule has 21 heavy (non-hydrogen) atoms. The quantitative estimate of drug-likeness (QED) is 0.782. The van der Waals surface area contributed by atoms with Gasteiger partial charge in [0, 0.05) is 50.5 Å². The number of fused-ring (bicyclic) bond motifs is 2. The van der Waals surface area contributed by atoms with E-state index >= 15 is 0 Å². The Morgan fingerprint density at radius 3 is 2.24 bits per heavy atom. The van der Waals surface area contributed by atoms with Crippen molar-refractivity contribution in [1.29, 1.82) is 0 Å². The van der Waals surface area contributed by atoms with Crippen molar-refractivity contribution < 1.29 is 5.11 Å². The number of phenolic OH excluding ortho intramolecular Hbond substituents is 1. The maximum Gasteiger partial charge on any atom is 0.131 e. The third-order valence-corrected chi connectivity index (χ3v) is 5.09. The summed E-state index contributed by atoms with van der Waals surface area (Å²) in [7, 11) is 8.10. The van der Waals surface area contributed by atoms with Crippen LogP contribution in [0.4, 0.5) is 11.4 Å². The van der Waals surface area contributed by atoms with Gasteiger partial charge < -0.3 is 14.9 Å². The summed E-state index contributed by atoms with van der Waals surface area (Å²) in [5.41, 5.74) is 4.78. The summed E-state index contributed by atoms with van der Waals surface area (Å²) in [6.07, 6.45) is 0.870. The van der Waals surface area contributed by atoms with Gasteiger partial charge in [-0.25, -0.2) is 0 Å². The molecule has 0 radical (unpaired) electrons. The van der Waals surface area contributed by atoms with Gasteiger partial charge >= 0.3 is 0 Å². The Balaban J connectivity index is 2.04. The number of nitrogens with zero attached hydrogens (tertiary/aromatic N) is 2. The summed E-state index contributed by atoms with van der Waals surface area (Å²) in [4.78, 5) is 6.37. The Labute approximate surface area is 130 Å².